The van der Waals surface area contributed by atoms with E-state index in [9.17, 15) is 9.18 Å². The van der Waals surface area contributed by atoms with Gasteiger partial charge in [-0.2, -0.15) is 0 Å². The Hall–Kier alpha value is -2.47. The summed E-state index contributed by atoms with van der Waals surface area (Å²) in [6.07, 6.45) is 3.90. The van der Waals surface area contributed by atoms with Gasteiger partial charge in [0, 0.05) is 36.6 Å². The Kier molecular flexibility index (Phi) is 4.01. The summed E-state index contributed by atoms with van der Waals surface area (Å²) in [5.41, 5.74) is 14.6. The van der Waals surface area contributed by atoms with Crippen molar-refractivity contribution in [2.24, 2.45) is 11.5 Å². The third-order valence-electron chi connectivity index (χ3n) is 4.36. The summed E-state index contributed by atoms with van der Waals surface area (Å²) >= 11 is 0. The van der Waals surface area contributed by atoms with E-state index in [1.807, 2.05) is 24.8 Å². The molecule has 1 aliphatic heterocycles. The average molecular weight is 328 g/mol. The van der Waals surface area contributed by atoms with Crippen molar-refractivity contribution >= 4 is 11.6 Å². The van der Waals surface area contributed by atoms with Crippen molar-refractivity contribution < 1.29 is 9.18 Å². The molecule has 0 bridgehead atoms. The smallest absolute Gasteiger partial charge is 0.252 e. The standard InChI is InChI=1S/C18H21FN4O/c1-11-5-12(7-13(19)6-11)14-8-22-9-15(17(20)24)16(14)23-4-3-18(2,21)10-23/h5-9H,3-4,10,21H2,1-2H3,(H2,20,24)/t18-/m0/s1. The highest BCUT2D eigenvalue weighted by molar-refractivity contribution is 6.02. The molecular formula is C18H21FN4O. The number of halogens is 1. The highest BCUT2D eigenvalue weighted by Crippen LogP contribution is 2.37. The van der Waals surface area contributed by atoms with Gasteiger partial charge in [0.15, 0.2) is 0 Å². The molecule has 0 unspecified atom stereocenters. The molecule has 4 N–H and O–H groups in total. The molecule has 6 heteroatoms. The molecule has 0 spiro atoms. The number of benzene rings is 1. The molecule has 1 saturated heterocycles. The molecule has 126 valence electrons. The summed E-state index contributed by atoms with van der Waals surface area (Å²) in [6.45, 7) is 5.10. The fraction of sp³-hybridized carbons (Fsp3) is 0.333. The predicted molar refractivity (Wildman–Crippen MR) is 92.3 cm³/mol. The SMILES string of the molecule is Cc1cc(F)cc(-c2cncc(C(N)=O)c2N2CC[C@](C)(N)C2)c1. The fourth-order valence-electron chi connectivity index (χ4n) is 3.25. The third kappa shape index (κ3) is 3.10. The molecule has 3 rings (SSSR count). The lowest BCUT2D eigenvalue weighted by Crippen LogP contribution is -2.39. The third-order valence-corrected chi connectivity index (χ3v) is 4.36. The monoisotopic (exact) mass is 328 g/mol. The van der Waals surface area contributed by atoms with E-state index in [1.54, 1.807) is 6.20 Å². The zero-order valence-corrected chi connectivity index (χ0v) is 13.8. The van der Waals surface area contributed by atoms with Crippen LogP contribution in [0.25, 0.3) is 11.1 Å². The van der Waals surface area contributed by atoms with E-state index in [4.69, 9.17) is 11.5 Å². The van der Waals surface area contributed by atoms with Gasteiger partial charge < -0.3 is 16.4 Å². The second-order valence-electron chi connectivity index (χ2n) is 6.79. The Morgan fingerprint density at radius 3 is 2.67 bits per heavy atom. The average Bonchev–Trinajstić information content (AvgIpc) is 2.85. The number of hydrogen-bond acceptors (Lipinski definition) is 4. The molecule has 24 heavy (non-hydrogen) atoms. The van der Waals surface area contributed by atoms with Crippen LogP contribution in [0.2, 0.25) is 0 Å². The highest BCUT2D eigenvalue weighted by Gasteiger charge is 2.33. The molecule has 0 radical (unpaired) electrons. The lowest BCUT2D eigenvalue weighted by Gasteiger charge is -2.26. The van der Waals surface area contributed by atoms with E-state index < -0.39 is 5.91 Å². The van der Waals surface area contributed by atoms with Gasteiger partial charge in [0.1, 0.15) is 5.82 Å². The van der Waals surface area contributed by atoms with Crippen LogP contribution in [-0.2, 0) is 0 Å². The van der Waals surface area contributed by atoms with E-state index in [0.717, 1.165) is 12.0 Å². The number of anilines is 1. The van der Waals surface area contributed by atoms with Gasteiger partial charge in [0.2, 0.25) is 0 Å². The molecule has 1 aromatic carbocycles. The quantitative estimate of drug-likeness (QED) is 0.905. The van der Waals surface area contributed by atoms with Crippen LogP contribution in [0.15, 0.2) is 30.6 Å². The lowest BCUT2D eigenvalue weighted by molar-refractivity contribution is 0.100. The second kappa shape index (κ2) is 5.87. The first-order valence-electron chi connectivity index (χ1n) is 7.86. The fourth-order valence-corrected chi connectivity index (χ4v) is 3.25. The number of nitrogens with zero attached hydrogens (tertiary/aromatic N) is 2. The van der Waals surface area contributed by atoms with Crippen LogP contribution >= 0.6 is 0 Å². The predicted octanol–water partition coefficient (Wildman–Crippen LogP) is 2.22. The molecule has 2 heterocycles. The van der Waals surface area contributed by atoms with Crippen molar-refractivity contribution in [3.8, 4) is 11.1 Å². The van der Waals surface area contributed by atoms with Crippen LogP contribution < -0.4 is 16.4 Å². The molecular weight excluding hydrogens is 307 g/mol. The lowest BCUT2D eigenvalue weighted by atomic mass is 9.99. The van der Waals surface area contributed by atoms with Crippen LogP contribution in [0.3, 0.4) is 0 Å². The van der Waals surface area contributed by atoms with Gasteiger partial charge >= 0.3 is 0 Å². The van der Waals surface area contributed by atoms with Gasteiger partial charge in [-0.1, -0.05) is 6.07 Å². The summed E-state index contributed by atoms with van der Waals surface area (Å²) < 4.78 is 13.9. The van der Waals surface area contributed by atoms with Crippen LogP contribution in [-0.4, -0.2) is 29.5 Å². The maximum absolute atomic E-state index is 13.9. The minimum atomic E-state index is -0.557. The van der Waals surface area contributed by atoms with E-state index in [0.29, 0.717) is 35.5 Å². The number of hydrogen-bond donors (Lipinski definition) is 2. The number of carbonyl (C=O) groups excluding carboxylic acids is 1. The summed E-state index contributed by atoms with van der Waals surface area (Å²) in [5, 5.41) is 0. The maximum Gasteiger partial charge on any atom is 0.252 e. The molecule has 0 saturated carbocycles. The van der Waals surface area contributed by atoms with Crippen LogP contribution in [0.5, 0.6) is 0 Å². The Bertz CT molecular complexity index is 783. The molecule has 1 aromatic heterocycles. The summed E-state index contributed by atoms with van der Waals surface area (Å²) in [6, 6.07) is 4.77. The number of carbonyl (C=O) groups is 1. The van der Waals surface area contributed by atoms with Crippen LogP contribution in [0, 0.1) is 12.7 Å². The second-order valence-corrected chi connectivity index (χ2v) is 6.79. The van der Waals surface area contributed by atoms with Crippen LogP contribution in [0.4, 0.5) is 10.1 Å². The molecule has 1 atom stereocenters. The van der Waals surface area contributed by atoms with Gasteiger partial charge in [-0.3, -0.25) is 9.78 Å². The summed E-state index contributed by atoms with van der Waals surface area (Å²) in [4.78, 5) is 18.1. The van der Waals surface area contributed by atoms with Gasteiger partial charge in [-0.15, -0.1) is 0 Å². The van der Waals surface area contributed by atoms with Gasteiger partial charge in [0.05, 0.1) is 11.3 Å². The molecule has 2 aromatic rings. The largest absolute Gasteiger partial charge is 0.368 e. The van der Waals surface area contributed by atoms with Crippen LogP contribution in [0.1, 0.15) is 29.3 Å². The Morgan fingerprint density at radius 2 is 2.08 bits per heavy atom. The van der Waals surface area contributed by atoms with Crippen molar-refractivity contribution in [1.82, 2.24) is 4.98 Å². The topological polar surface area (TPSA) is 85.2 Å². The summed E-state index contributed by atoms with van der Waals surface area (Å²) in [7, 11) is 0. The van der Waals surface area contributed by atoms with Gasteiger partial charge in [0.25, 0.3) is 5.91 Å². The Labute approximate surface area is 140 Å². The number of primary amides is 1. The first-order valence-corrected chi connectivity index (χ1v) is 7.86. The minimum absolute atomic E-state index is 0.326. The van der Waals surface area contributed by atoms with E-state index >= 15 is 0 Å². The van der Waals surface area contributed by atoms with Crippen molar-refractivity contribution in [2.45, 2.75) is 25.8 Å². The Balaban J connectivity index is 2.19. The maximum atomic E-state index is 13.9. The Morgan fingerprint density at radius 1 is 1.33 bits per heavy atom. The number of aryl methyl sites for hydroxylation is 1. The number of amides is 1. The van der Waals surface area contributed by atoms with E-state index in [-0.39, 0.29) is 11.4 Å². The van der Waals surface area contributed by atoms with Gasteiger partial charge in [-0.05, 0) is 43.5 Å². The number of aromatic nitrogens is 1. The van der Waals surface area contributed by atoms with Crippen molar-refractivity contribution in [2.75, 3.05) is 18.0 Å². The molecule has 1 amide bonds. The molecule has 1 fully saturated rings. The molecule has 0 aliphatic carbocycles. The first-order chi connectivity index (χ1) is 11.3. The van der Waals surface area contributed by atoms with E-state index in [2.05, 4.69) is 4.98 Å². The minimum Gasteiger partial charge on any atom is -0.368 e. The van der Waals surface area contributed by atoms with E-state index in [1.165, 1.54) is 18.3 Å². The van der Waals surface area contributed by atoms with Crippen molar-refractivity contribution in [3.63, 3.8) is 0 Å². The number of nitrogens with two attached hydrogens (primary N) is 2. The number of pyridine rings is 1. The molecule has 1 aliphatic rings. The van der Waals surface area contributed by atoms with Gasteiger partial charge in [-0.25, -0.2) is 4.39 Å². The normalized spacial score (nSPS) is 20.4. The summed E-state index contributed by atoms with van der Waals surface area (Å²) in [5.74, 6) is -0.886. The zero-order chi connectivity index (χ0) is 17.5. The van der Waals surface area contributed by atoms with Crippen molar-refractivity contribution in [3.05, 3.63) is 47.5 Å². The highest BCUT2D eigenvalue weighted by atomic mass is 19.1. The first kappa shape index (κ1) is 16.4. The zero-order valence-electron chi connectivity index (χ0n) is 13.8. The van der Waals surface area contributed by atoms with Crippen molar-refractivity contribution in [1.29, 1.82) is 0 Å². The number of rotatable bonds is 3. The molecule has 5 nitrogen and oxygen atoms in total.